The average molecular weight is 202 g/mol. The van der Waals surface area contributed by atoms with Gasteiger partial charge in [0.05, 0.1) is 6.61 Å². The molecule has 0 aromatic carbocycles. The molecule has 5 nitrogen and oxygen atoms in total. The Morgan fingerprint density at radius 3 is 2.71 bits per heavy atom. The van der Waals surface area contributed by atoms with Gasteiger partial charge in [-0.05, 0) is 6.92 Å². The van der Waals surface area contributed by atoms with E-state index in [-0.39, 0.29) is 37.0 Å². The highest BCUT2D eigenvalue weighted by Crippen LogP contribution is 2.41. The Morgan fingerprint density at radius 2 is 1.93 bits per heavy atom. The highest BCUT2D eigenvalue weighted by molar-refractivity contribution is 5.02. The first kappa shape index (κ1) is 9.06. The van der Waals surface area contributed by atoms with E-state index in [1.807, 2.05) is 6.92 Å². The smallest absolute Gasteiger partial charge is 0.186 e. The first-order valence-electron chi connectivity index (χ1n) is 4.90. The van der Waals surface area contributed by atoms with Crippen LogP contribution in [0.5, 0.6) is 0 Å². The molecule has 0 aromatic rings. The van der Waals surface area contributed by atoms with Gasteiger partial charge in [0.1, 0.15) is 24.4 Å². The number of hydrogen-bond acceptors (Lipinski definition) is 5. The highest BCUT2D eigenvalue weighted by atomic mass is 16.8. The number of ether oxygens (including phenoxy) is 5. The van der Waals surface area contributed by atoms with Gasteiger partial charge in [-0.2, -0.15) is 0 Å². The van der Waals surface area contributed by atoms with Gasteiger partial charge in [0.25, 0.3) is 0 Å². The molecule has 14 heavy (non-hydrogen) atoms. The van der Waals surface area contributed by atoms with Crippen LogP contribution in [0.25, 0.3) is 0 Å². The molecule has 0 aliphatic carbocycles. The fraction of sp³-hybridized carbons (Fsp3) is 1.00. The molecule has 0 aromatic heterocycles. The van der Waals surface area contributed by atoms with E-state index in [9.17, 15) is 0 Å². The van der Waals surface area contributed by atoms with Crippen molar-refractivity contribution in [1.29, 1.82) is 0 Å². The van der Waals surface area contributed by atoms with Gasteiger partial charge in [0, 0.05) is 7.11 Å². The van der Waals surface area contributed by atoms with Gasteiger partial charge >= 0.3 is 0 Å². The molecule has 0 spiro atoms. The molecule has 5 heteroatoms. The Balaban J connectivity index is 1.72. The molecular weight excluding hydrogens is 188 g/mol. The number of hydrogen-bond donors (Lipinski definition) is 0. The van der Waals surface area contributed by atoms with Crippen LogP contribution in [0.3, 0.4) is 0 Å². The molecule has 6 atom stereocenters. The molecule has 3 saturated heterocycles. The first-order valence-corrected chi connectivity index (χ1v) is 4.90. The summed E-state index contributed by atoms with van der Waals surface area (Å²) in [5.41, 5.74) is 0. The molecule has 0 radical (unpaired) electrons. The number of methoxy groups -OCH3 is 1. The van der Waals surface area contributed by atoms with E-state index in [1.54, 1.807) is 7.11 Å². The zero-order valence-electron chi connectivity index (χ0n) is 8.21. The van der Waals surface area contributed by atoms with E-state index in [4.69, 9.17) is 23.7 Å². The molecule has 3 rings (SSSR count). The Labute approximate surface area is 82.2 Å². The van der Waals surface area contributed by atoms with Crippen LogP contribution in [0.2, 0.25) is 0 Å². The van der Waals surface area contributed by atoms with E-state index in [0.29, 0.717) is 6.61 Å². The third-order valence-corrected chi connectivity index (χ3v) is 2.91. The summed E-state index contributed by atoms with van der Waals surface area (Å²) < 4.78 is 27.2. The molecule has 1 unspecified atom stereocenters. The maximum Gasteiger partial charge on any atom is 0.186 e. The van der Waals surface area contributed by atoms with Crippen LogP contribution < -0.4 is 0 Å². The van der Waals surface area contributed by atoms with Crippen molar-refractivity contribution < 1.29 is 23.7 Å². The van der Waals surface area contributed by atoms with Crippen LogP contribution in [0.4, 0.5) is 0 Å². The van der Waals surface area contributed by atoms with Gasteiger partial charge < -0.3 is 23.7 Å². The van der Waals surface area contributed by atoms with Crippen LogP contribution in [0.15, 0.2) is 0 Å². The van der Waals surface area contributed by atoms with Crippen molar-refractivity contribution in [3.8, 4) is 0 Å². The monoisotopic (exact) mass is 202 g/mol. The summed E-state index contributed by atoms with van der Waals surface area (Å²) >= 11 is 0. The van der Waals surface area contributed by atoms with Crippen molar-refractivity contribution in [3.63, 3.8) is 0 Å². The van der Waals surface area contributed by atoms with Crippen molar-refractivity contribution in [1.82, 2.24) is 0 Å². The summed E-state index contributed by atoms with van der Waals surface area (Å²) in [6, 6.07) is 0. The molecule has 3 aliphatic rings. The largest absolute Gasteiger partial charge is 0.361 e. The Hall–Kier alpha value is -0.200. The second-order valence-electron chi connectivity index (χ2n) is 3.85. The normalized spacial score (nSPS) is 56.1. The minimum atomic E-state index is -0.262. The predicted octanol–water partition coefficient (Wildman–Crippen LogP) is -0.114. The minimum Gasteiger partial charge on any atom is -0.361 e. The van der Waals surface area contributed by atoms with Gasteiger partial charge in [0.15, 0.2) is 12.6 Å². The zero-order valence-corrected chi connectivity index (χ0v) is 8.21. The summed E-state index contributed by atoms with van der Waals surface area (Å²) in [5, 5.41) is 0. The quantitative estimate of drug-likeness (QED) is 0.555. The molecule has 0 N–H and O–H groups in total. The van der Waals surface area contributed by atoms with Crippen molar-refractivity contribution in [2.24, 2.45) is 0 Å². The van der Waals surface area contributed by atoms with Crippen LogP contribution >= 0.6 is 0 Å². The van der Waals surface area contributed by atoms with E-state index < -0.39 is 0 Å². The Morgan fingerprint density at radius 1 is 1.07 bits per heavy atom. The van der Waals surface area contributed by atoms with Gasteiger partial charge in [-0.15, -0.1) is 0 Å². The van der Waals surface area contributed by atoms with Gasteiger partial charge in [-0.25, -0.2) is 0 Å². The third-order valence-electron chi connectivity index (χ3n) is 2.91. The Bertz CT molecular complexity index is 233. The highest BCUT2D eigenvalue weighted by Gasteiger charge is 2.60. The lowest BCUT2D eigenvalue weighted by atomic mass is 10.0. The number of epoxide rings is 1. The summed E-state index contributed by atoms with van der Waals surface area (Å²) in [6.07, 6.45) is -0.294. The fourth-order valence-electron chi connectivity index (χ4n) is 2.14. The molecule has 0 bridgehead atoms. The van der Waals surface area contributed by atoms with Gasteiger partial charge in [-0.3, -0.25) is 0 Å². The number of rotatable bonds is 1. The van der Waals surface area contributed by atoms with E-state index in [0.717, 1.165) is 0 Å². The second kappa shape index (κ2) is 3.15. The summed E-state index contributed by atoms with van der Waals surface area (Å²) in [5.74, 6) is 0. The van der Waals surface area contributed by atoms with Crippen molar-refractivity contribution >= 4 is 0 Å². The fourth-order valence-corrected chi connectivity index (χ4v) is 2.14. The summed E-state index contributed by atoms with van der Waals surface area (Å²) in [7, 11) is 1.62. The lowest BCUT2D eigenvalue weighted by molar-refractivity contribution is -0.295. The molecule has 3 heterocycles. The maximum atomic E-state index is 5.64. The molecule has 0 saturated carbocycles. The minimum absolute atomic E-state index is 0.00940. The van der Waals surface area contributed by atoms with Crippen molar-refractivity contribution in [3.05, 3.63) is 0 Å². The SMILES string of the molecule is CO[C@H]1O[C@@H]2COC(C)O[C@H]2[C@H]2O[C@@H]12. The van der Waals surface area contributed by atoms with Gasteiger partial charge in [0.2, 0.25) is 0 Å². The first-order chi connectivity index (χ1) is 6.79. The van der Waals surface area contributed by atoms with E-state index in [1.165, 1.54) is 0 Å². The van der Waals surface area contributed by atoms with Crippen molar-refractivity contribution in [2.75, 3.05) is 13.7 Å². The summed E-state index contributed by atoms with van der Waals surface area (Å²) in [6.45, 7) is 2.44. The average Bonchev–Trinajstić information content (AvgIpc) is 2.96. The molecule has 3 aliphatic heterocycles. The van der Waals surface area contributed by atoms with Crippen LogP contribution in [-0.4, -0.2) is 50.7 Å². The zero-order chi connectivity index (χ0) is 9.71. The standard InChI is InChI=1S/C9H14O5/c1-4-11-3-5-6(12-4)7-8(14-7)9(10-2)13-5/h4-9H,3H2,1-2H3/t4?,5-,6-,7-,8-,9+/m1/s1. The van der Waals surface area contributed by atoms with Crippen molar-refractivity contribution in [2.45, 2.75) is 43.9 Å². The van der Waals surface area contributed by atoms with E-state index in [2.05, 4.69) is 0 Å². The predicted molar refractivity (Wildman–Crippen MR) is 44.6 cm³/mol. The topological polar surface area (TPSA) is 49.5 Å². The molecule has 80 valence electrons. The molecule has 0 amide bonds. The Kier molecular flexibility index (Phi) is 2.04. The summed E-state index contributed by atoms with van der Waals surface area (Å²) in [4.78, 5) is 0. The lowest BCUT2D eigenvalue weighted by Gasteiger charge is -2.38. The van der Waals surface area contributed by atoms with E-state index >= 15 is 0 Å². The maximum absolute atomic E-state index is 5.64. The molecular formula is C9H14O5. The lowest BCUT2D eigenvalue weighted by Crippen LogP contribution is -2.53. The third kappa shape index (κ3) is 1.28. The number of fused-ring (bicyclic) bond motifs is 3. The van der Waals surface area contributed by atoms with Crippen LogP contribution in [0.1, 0.15) is 6.92 Å². The van der Waals surface area contributed by atoms with Gasteiger partial charge in [-0.1, -0.05) is 0 Å². The second-order valence-corrected chi connectivity index (χ2v) is 3.85. The molecule has 3 fully saturated rings. The van der Waals surface area contributed by atoms with Crippen LogP contribution in [0, 0.1) is 0 Å². The van der Waals surface area contributed by atoms with Crippen LogP contribution in [-0.2, 0) is 23.7 Å².